The van der Waals surface area contributed by atoms with Gasteiger partial charge in [0.1, 0.15) is 5.82 Å². The van der Waals surface area contributed by atoms with Crippen molar-refractivity contribution < 1.29 is 4.79 Å². The first-order valence-electron chi connectivity index (χ1n) is 5.50. The second-order valence-electron chi connectivity index (χ2n) is 3.75. The van der Waals surface area contributed by atoms with Crippen molar-refractivity contribution in [1.29, 1.82) is 0 Å². The minimum absolute atomic E-state index is 0.191. The van der Waals surface area contributed by atoms with Crippen molar-refractivity contribution in [2.45, 2.75) is 19.9 Å². The minimum Gasteiger partial charge on any atom is -0.353 e. The standard InChI is InChI=1S/C11H15N5O/c1-3-9-13-10(15-14-9)11(17)12-7-8-5-4-6-16(8)2/h4-6H,3,7H2,1-2H3,(H,12,17)(H,13,14,15). The van der Waals surface area contributed by atoms with E-state index in [9.17, 15) is 4.79 Å². The van der Waals surface area contributed by atoms with Crippen LogP contribution in [0.5, 0.6) is 0 Å². The monoisotopic (exact) mass is 233 g/mol. The Morgan fingerprint density at radius 2 is 2.41 bits per heavy atom. The molecule has 0 bridgehead atoms. The molecule has 2 heterocycles. The van der Waals surface area contributed by atoms with Gasteiger partial charge in [0, 0.05) is 25.4 Å². The van der Waals surface area contributed by atoms with Crippen LogP contribution in [0.2, 0.25) is 0 Å². The summed E-state index contributed by atoms with van der Waals surface area (Å²) in [5.41, 5.74) is 1.03. The van der Waals surface area contributed by atoms with Gasteiger partial charge in [-0.2, -0.15) is 0 Å². The average Bonchev–Trinajstić information content (AvgIpc) is 2.94. The lowest BCUT2D eigenvalue weighted by Crippen LogP contribution is -2.25. The number of hydrogen-bond donors (Lipinski definition) is 2. The smallest absolute Gasteiger partial charge is 0.291 e. The quantitative estimate of drug-likeness (QED) is 0.813. The molecule has 0 aliphatic heterocycles. The number of hydrogen-bond acceptors (Lipinski definition) is 3. The van der Waals surface area contributed by atoms with Gasteiger partial charge in [-0.3, -0.25) is 9.89 Å². The molecule has 2 aromatic rings. The van der Waals surface area contributed by atoms with Crippen molar-refractivity contribution >= 4 is 5.91 Å². The van der Waals surface area contributed by atoms with E-state index < -0.39 is 0 Å². The van der Waals surface area contributed by atoms with E-state index in [-0.39, 0.29) is 11.7 Å². The molecule has 6 nitrogen and oxygen atoms in total. The van der Waals surface area contributed by atoms with Crippen molar-refractivity contribution in [3.8, 4) is 0 Å². The Morgan fingerprint density at radius 3 is 3.00 bits per heavy atom. The molecule has 90 valence electrons. The third-order valence-corrected chi connectivity index (χ3v) is 2.55. The van der Waals surface area contributed by atoms with E-state index in [0.29, 0.717) is 12.4 Å². The number of rotatable bonds is 4. The van der Waals surface area contributed by atoms with E-state index >= 15 is 0 Å². The minimum atomic E-state index is -0.262. The van der Waals surface area contributed by atoms with Crippen LogP contribution in [0.4, 0.5) is 0 Å². The van der Waals surface area contributed by atoms with E-state index in [4.69, 9.17) is 0 Å². The molecule has 0 fully saturated rings. The first-order chi connectivity index (χ1) is 8.20. The maximum atomic E-state index is 11.7. The fraction of sp³-hybridized carbons (Fsp3) is 0.364. The van der Waals surface area contributed by atoms with E-state index in [1.165, 1.54) is 0 Å². The number of amides is 1. The van der Waals surface area contributed by atoms with E-state index in [2.05, 4.69) is 20.5 Å². The molecule has 0 saturated heterocycles. The van der Waals surface area contributed by atoms with Crippen molar-refractivity contribution in [3.63, 3.8) is 0 Å². The topological polar surface area (TPSA) is 75.6 Å². The molecule has 0 unspecified atom stereocenters. The van der Waals surface area contributed by atoms with Crippen LogP contribution in [0.3, 0.4) is 0 Å². The third-order valence-electron chi connectivity index (χ3n) is 2.55. The fourth-order valence-corrected chi connectivity index (χ4v) is 1.49. The number of aryl methyl sites for hydroxylation is 2. The van der Waals surface area contributed by atoms with Crippen molar-refractivity contribution in [1.82, 2.24) is 25.1 Å². The molecule has 0 aliphatic rings. The van der Waals surface area contributed by atoms with Gasteiger partial charge in [0.25, 0.3) is 5.91 Å². The highest BCUT2D eigenvalue weighted by Crippen LogP contribution is 1.99. The Bertz CT molecular complexity index is 513. The molecule has 0 aliphatic carbocycles. The van der Waals surface area contributed by atoms with Crippen molar-refractivity contribution in [2.75, 3.05) is 0 Å². The molecule has 0 saturated carbocycles. The predicted molar refractivity (Wildman–Crippen MR) is 62.3 cm³/mol. The van der Waals surface area contributed by atoms with E-state index in [1.807, 2.05) is 36.9 Å². The van der Waals surface area contributed by atoms with Gasteiger partial charge in [0.15, 0.2) is 0 Å². The van der Waals surface area contributed by atoms with Gasteiger partial charge in [0.2, 0.25) is 5.82 Å². The summed E-state index contributed by atoms with van der Waals surface area (Å²) in [5, 5.41) is 9.34. The highest BCUT2D eigenvalue weighted by molar-refractivity contribution is 5.90. The molecule has 6 heteroatoms. The average molecular weight is 233 g/mol. The van der Waals surface area contributed by atoms with Gasteiger partial charge >= 0.3 is 0 Å². The molecule has 2 rings (SSSR count). The van der Waals surface area contributed by atoms with Gasteiger partial charge in [-0.15, -0.1) is 5.10 Å². The second-order valence-corrected chi connectivity index (χ2v) is 3.75. The zero-order valence-electron chi connectivity index (χ0n) is 9.90. The number of H-pyrrole nitrogens is 1. The molecule has 2 N–H and O–H groups in total. The van der Waals surface area contributed by atoms with Crippen LogP contribution >= 0.6 is 0 Å². The van der Waals surface area contributed by atoms with Crippen molar-refractivity contribution in [3.05, 3.63) is 35.7 Å². The Morgan fingerprint density at radius 1 is 1.59 bits per heavy atom. The largest absolute Gasteiger partial charge is 0.353 e. The lowest BCUT2D eigenvalue weighted by Gasteiger charge is -2.03. The van der Waals surface area contributed by atoms with Crippen LogP contribution in [0.1, 0.15) is 29.1 Å². The summed E-state index contributed by atoms with van der Waals surface area (Å²) >= 11 is 0. The maximum Gasteiger partial charge on any atom is 0.291 e. The summed E-state index contributed by atoms with van der Waals surface area (Å²) in [6.07, 6.45) is 2.67. The summed E-state index contributed by atoms with van der Waals surface area (Å²) in [5.74, 6) is 0.646. The Kier molecular flexibility index (Phi) is 3.22. The number of nitrogens with one attached hydrogen (secondary N) is 2. The van der Waals surface area contributed by atoms with Gasteiger partial charge in [-0.05, 0) is 12.1 Å². The molecule has 0 aromatic carbocycles. The molecular formula is C11H15N5O. The summed E-state index contributed by atoms with van der Waals surface area (Å²) in [7, 11) is 1.93. The van der Waals surface area contributed by atoms with Crippen LogP contribution in [-0.4, -0.2) is 25.7 Å². The Labute approximate surface area is 99.1 Å². The summed E-state index contributed by atoms with van der Waals surface area (Å²) < 4.78 is 1.95. The normalized spacial score (nSPS) is 10.5. The first kappa shape index (κ1) is 11.4. The zero-order valence-corrected chi connectivity index (χ0v) is 9.90. The number of carbonyl (C=O) groups excluding carboxylic acids is 1. The Balaban J connectivity index is 1.95. The van der Waals surface area contributed by atoms with Crippen molar-refractivity contribution in [2.24, 2.45) is 7.05 Å². The van der Waals surface area contributed by atoms with Crippen LogP contribution < -0.4 is 5.32 Å². The van der Waals surface area contributed by atoms with Crippen LogP contribution in [0, 0.1) is 0 Å². The fourth-order valence-electron chi connectivity index (χ4n) is 1.49. The predicted octanol–water partition coefficient (Wildman–Crippen LogP) is 0.636. The summed E-state index contributed by atoms with van der Waals surface area (Å²) in [6, 6.07) is 3.89. The molecular weight excluding hydrogens is 218 g/mol. The van der Waals surface area contributed by atoms with Gasteiger partial charge in [-0.25, -0.2) is 4.98 Å². The Hall–Kier alpha value is -2.11. The first-order valence-corrected chi connectivity index (χ1v) is 5.50. The second kappa shape index (κ2) is 4.82. The number of nitrogens with zero attached hydrogens (tertiary/aromatic N) is 3. The molecule has 1 amide bonds. The third kappa shape index (κ3) is 2.52. The molecule has 2 aromatic heterocycles. The highest BCUT2D eigenvalue weighted by atomic mass is 16.2. The van der Waals surface area contributed by atoms with Crippen LogP contribution in [0.25, 0.3) is 0 Å². The molecule has 0 atom stereocenters. The van der Waals surface area contributed by atoms with Crippen LogP contribution in [-0.2, 0) is 20.0 Å². The lowest BCUT2D eigenvalue weighted by atomic mass is 10.4. The molecule has 0 radical (unpaired) electrons. The highest BCUT2D eigenvalue weighted by Gasteiger charge is 2.11. The zero-order chi connectivity index (χ0) is 12.3. The van der Waals surface area contributed by atoms with Crippen LogP contribution in [0.15, 0.2) is 18.3 Å². The SMILES string of the molecule is CCc1nc(C(=O)NCc2cccn2C)n[nH]1. The number of aromatic nitrogens is 4. The summed E-state index contributed by atoms with van der Waals surface area (Å²) in [4.78, 5) is 15.8. The molecule has 17 heavy (non-hydrogen) atoms. The number of carbonyl (C=O) groups is 1. The number of aromatic amines is 1. The maximum absolute atomic E-state index is 11.7. The lowest BCUT2D eigenvalue weighted by molar-refractivity contribution is 0.0940. The van der Waals surface area contributed by atoms with E-state index in [0.717, 1.165) is 12.1 Å². The van der Waals surface area contributed by atoms with Gasteiger partial charge in [0.05, 0.1) is 6.54 Å². The summed E-state index contributed by atoms with van der Waals surface area (Å²) in [6.45, 7) is 2.42. The molecule has 0 spiro atoms. The van der Waals surface area contributed by atoms with Gasteiger partial charge in [-0.1, -0.05) is 6.92 Å². The van der Waals surface area contributed by atoms with Gasteiger partial charge < -0.3 is 9.88 Å². The van der Waals surface area contributed by atoms with E-state index in [1.54, 1.807) is 0 Å².